The van der Waals surface area contributed by atoms with Gasteiger partial charge in [-0.15, -0.1) is 0 Å². The Morgan fingerprint density at radius 2 is 2.20 bits per heavy atom. The van der Waals surface area contributed by atoms with Gasteiger partial charge >= 0.3 is 0 Å². The lowest BCUT2D eigenvalue weighted by Gasteiger charge is -2.14. The van der Waals surface area contributed by atoms with Crippen molar-refractivity contribution < 1.29 is 9.13 Å². The minimum absolute atomic E-state index is 0.0996. The molecule has 4 nitrogen and oxygen atoms in total. The van der Waals surface area contributed by atoms with Crippen molar-refractivity contribution in [3.05, 3.63) is 42.0 Å². The largest absolute Gasteiger partial charge is 0.490 e. The van der Waals surface area contributed by atoms with Gasteiger partial charge in [0.2, 0.25) is 0 Å². The summed E-state index contributed by atoms with van der Waals surface area (Å²) in [5.74, 6) is 0.377. The van der Waals surface area contributed by atoms with Crippen LogP contribution in [0.4, 0.5) is 4.39 Å². The number of benzene rings is 1. The lowest BCUT2D eigenvalue weighted by Crippen LogP contribution is -2.10. The summed E-state index contributed by atoms with van der Waals surface area (Å²) in [5.41, 5.74) is 6.72. The zero-order valence-electron chi connectivity index (χ0n) is 11.8. The lowest BCUT2D eigenvalue weighted by atomic mass is 10.1. The standard InChI is InChI=1S/C15H20FN3O/c1-11(2)6-9-20-14-5-4-13(12(10-17)15(14)16)19-8-3-7-18-19/h3-5,7-8,11H,6,9-10,17H2,1-2H3. The monoisotopic (exact) mass is 277 g/mol. The molecule has 0 radical (unpaired) electrons. The molecule has 0 atom stereocenters. The van der Waals surface area contributed by atoms with Gasteiger partial charge in [-0.1, -0.05) is 13.8 Å². The molecule has 1 heterocycles. The molecule has 5 heteroatoms. The van der Waals surface area contributed by atoms with Crippen LogP contribution in [0, 0.1) is 11.7 Å². The van der Waals surface area contributed by atoms with Crippen LogP contribution in [-0.4, -0.2) is 16.4 Å². The van der Waals surface area contributed by atoms with Crippen molar-refractivity contribution in [1.29, 1.82) is 0 Å². The Hall–Kier alpha value is -1.88. The van der Waals surface area contributed by atoms with E-state index in [0.29, 0.717) is 23.8 Å². The molecule has 2 rings (SSSR count). The number of nitrogens with zero attached hydrogens (tertiary/aromatic N) is 2. The summed E-state index contributed by atoms with van der Waals surface area (Å²) < 4.78 is 21.5. The van der Waals surface area contributed by atoms with E-state index in [1.54, 1.807) is 35.3 Å². The average molecular weight is 277 g/mol. The van der Waals surface area contributed by atoms with E-state index < -0.39 is 5.82 Å². The first-order valence-electron chi connectivity index (χ1n) is 6.77. The molecule has 0 aliphatic rings. The maximum absolute atomic E-state index is 14.4. The highest BCUT2D eigenvalue weighted by Gasteiger charge is 2.15. The molecule has 1 aromatic heterocycles. The highest BCUT2D eigenvalue weighted by Crippen LogP contribution is 2.26. The summed E-state index contributed by atoms with van der Waals surface area (Å²) in [6.07, 6.45) is 4.29. The first kappa shape index (κ1) is 14.5. The predicted octanol–water partition coefficient (Wildman–Crippen LogP) is 2.90. The predicted molar refractivity (Wildman–Crippen MR) is 76.4 cm³/mol. The fraction of sp³-hybridized carbons (Fsp3) is 0.400. The van der Waals surface area contributed by atoms with E-state index in [0.717, 1.165) is 6.42 Å². The van der Waals surface area contributed by atoms with Gasteiger partial charge in [0.25, 0.3) is 0 Å². The molecule has 20 heavy (non-hydrogen) atoms. The van der Waals surface area contributed by atoms with Gasteiger partial charge in [-0.25, -0.2) is 9.07 Å². The maximum Gasteiger partial charge on any atom is 0.171 e. The molecule has 0 saturated heterocycles. The summed E-state index contributed by atoms with van der Waals surface area (Å²) in [4.78, 5) is 0. The summed E-state index contributed by atoms with van der Waals surface area (Å²) in [6, 6.07) is 5.19. The second-order valence-electron chi connectivity index (χ2n) is 5.06. The molecule has 0 fully saturated rings. The number of ether oxygens (including phenoxy) is 1. The zero-order valence-corrected chi connectivity index (χ0v) is 11.8. The molecular formula is C15H20FN3O. The number of nitrogens with two attached hydrogens (primary N) is 1. The molecule has 2 aromatic rings. The number of rotatable bonds is 6. The number of hydrogen-bond donors (Lipinski definition) is 1. The van der Waals surface area contributed by atoms with Gasteiger partial charge in [0.05, 0.1) is 12.3 Å². The van der Waals surface area contributed by atoms with Gasteiger partial charge in [0.1, 0.15) is 0 Å². The first-order valence-corrected chi connectivity index (χ1v) is 6.77. The maximum atomic E-state index is 14.4. The number of halogens is 1. The van der Waals surface area contributed by atoms with Gasteiger partial charge in [-0.2, -0.15) is 5.10 Å². The van der Waals surface area contributed by atoms with E-state index in [1.807, 2.05) is 0 Å². The van der Waals surface area contributed by atoms with Crippen LogP contribution >= 0.6 is 0 Å². The van der Waals surface area contributed by atoms with Crippen LogP contribution in [0.15, 0.2) is 30.6 Å². The summed E-state index contributed by atoms with van der Waals surface area (Å²) in [7, 11) is 0. The molecule has 2 N–H and O–H groups in total. The third-order valence-corrected chi connectivity index (χ3v) is 3.09. The minimum Gasteiger partial charge on any atom is -0.490 e. The Kier molecular flexibility index (Phi) is 4.74. The summed E-state index contributed by atoms with van der Waals surface area (Å²) in [6.45, 7) is 4.81. The molecule has 0 saturated carbocycles. The van der Waals surface area contributed by atoms with E-state index in [-0.39, 0.29) is 12.3 Å². The highest BCUT2D eigenvalue weighted by molar-refractivity contribution is 5.46. The topological polar surface area (TPSA) is 53.1 Å². The first-order chi connectivity index (χ1) is 9.63. The number of aromatic nitrogens is 2. The normalized spacial score (nSPS) is 11.1. The second-order valence-corrected chi connectivity index (χ2v) is 5.06. The Labute approximate surface area is 118 Å². The summed E-state index contributed by atoms with van der Waals surface area (Å²) in [5, 5.41) is 4.10. The van der Waals surface area contributed by atoms with E-state index in [2.05, 4.69) is 18.9 Å². The quantitative estimate of drug-likeness (QED) is 0.883. The SMILES string of the molecule is CC(C)CCOc1ccc(-n2cccn2)c(CN)c1F. The Balaban J connectivity index is 2.25. The van der Waals surface area contributed by atoms with Crippen LogP contribution < -0.4 is 10.5 Å². The van der Waals surface area contributed by atoms with Gasteiger partial charge in [0, 0.05) is 24.5 Å². The van der Waals surface area contributed by atoms with Crippen LogP contribution in [0.5, 0.6) is 5.75 Å². The van der Waals surface area contributed by atoms with E-state index in [4.69, 9.17) is 10.5 Å². The second kappa shape index (κ2) is 6.52. The van der Waals surface area contributed by atoms with E-state index in [1.165, 1.54) is 0 Å². The van der Waals surface area contributed by atoms with Gasteiger partial charge in [0.15, 0.2) is 11.6 Å². The molecule has 0 amide bonds. The fourth-order valence-corrected chi connectivity index (χ4v) is 1.93. The zero-order chi connectivity index (χ0) is 14.5. The molecule has 0 spiro atoms. The Bertz CT molecular complexity index is 552. The van der Waals surface area contributed by atoms with Crippen molar-refractivity contribution in [2.75, 3.05) is 6.61 Å². The van der Waals surface area contributed by atoms with Gasteiger partial charge < -0.3 is 10.5 Å². The molecule has 0 aliphatic carbocycles. The van der Waals surface area contributed by atoms with Crippen LogP contribution in [-0.2, 0) is 6.54 Å². The van der Waals surface area contributed by atoms with Crippen molar-refractivity contribution in [3.63, 3.8) is 0 Å². The minimum atomic E-state index is -0.399. The molecule has 0 bridgehead atoms. The molecular weight excluding hydrogens is 257 g/mol. The lowest BCUT2D eigenvalue weighted by molar-refractivity contribution is 0.276. The van der Waals surface area contributed by atoms with Crippen LogP contribution in [0.2, 0.25) is 0 Å². The molecule has 0 unspecified atom stereocenters. The molecule has 1 aromatic carbocycles. The van der Waals surface area contributed by atoms with E-state index in [9.17, 15) is 4.39 Å². The molecule has 108 valence electrons. The third-order valence-electron chi connectivity index (χ3n) is 3.09. The third kappa shape index (κ3) is 3.17. The highest BCUT2D eigenvalue weighted by atomic mass is 19.1. The molecule has 0 aliphatic heterocycles. The van der Waals surface area contributed by atoms with Crippen molar-refractivity contribution in [3.8, 4) is 11.4 Å². The Morgan fingerprint density at radius 1 is 1.40 bits per heavy atom. The van der Waals surface area contributed by atoms with Crippen LogP contribution in [0.25, 0.3) is 5.69 Å². The smallest absolute Gasteiger partial charge is 0.171 e. The van der Waals surface area contributed by atoms with Crippen molar-refractivity contribution in [2.45, 2.75) is 26.8 Å². The van der Waals surface area contributed by atoms with Crippen LogP contribution in [0.1, 0.15) is 25.8 Å². The average Bonchev–Trinajstić information content (AvgIpc) is 2.93. The van der Waals surface area contributed by atoms with Crippen LogP contribution in [0.3, 0.4) is 0 Å². The van der Waals surface area contributed by atoms with Crippen molar-refractivity contribution in [2.24, 2.45) is 11.7 Å². The Morgan fingerprint density at radius 3 is 2.80 bits per heavy atom. The summed E-state index contributed by atoms with van der Waals surface area (Å²) >= 11 is 0. The van der Waals surface area contributed by atoms with Gasteiger partial charge in [-0.3, -0.25) is 0 Å². The number of hydrogen-bond acceptors (Lipinski definition) is 3. The van der Waals surface area contributed by atoms with E-state index >= 15 is 0 Å². The van der Waals surface area contributed by atoms with Crippen molar-refractivity contribution in [1.82, 2.24) is 9.78 Å². The fourth-order valence-electron chi connectivity index (χ4n) is 1.93. The van der Waals surface area contributed by atoms with Crippen molar-refractivity contribution >= 4 is 0 Å². The van der Waals surface area contributed by atoms with Gasteiger partial charge in [-0.05, 0) is 30.5 Å².